The zero-order valence-corrected chi connectivity index (χ0v) is 18.6. The maximum atomic E-state index is 12.3. The standard InChI is InChI=1S/C22H24ClN3O5/c1-22(2,3)20(13-9-10-14(23)31-13)25-16-15(18(28)19(16)29)24-12-8-6-7-11(17(12)27)21(30)26(4)5/h6-10,20,24-25,27H,1-5H3/t20-/m0/s1. The third-order valence-electron chi connectivity index (χ3n) is 4.88. The number of carbonyl (C=O) groups excluding carboxylic acids is 1. The van der Waals surface area contributed by atoms with Gasteiger partial charge in [-0.25, -0.2) is 0 Å². The van der Waals surface area contributed by atoms with Gasteiger partial charge in [0.15, 0.2) is 11.0 Å². The Labute approximate surface area is 184 Å². The number of carbonyl (C=O) groups is 1. The summed E-state index contributed by atoms with van der Waals surface area (Å²) in [7, 11) is 3.13. The quantitative estimate of drug-likeness (QED) is 0.390. The first kappa shape index (κ1) is 22.4. The number of phenolic OH excluding ortho intramolecular Hbond substituents is 1. The summed E-state index contributed by atoms with van der Waals surface area (Å²) in [5, 5.41) is 16.6. The van der Waals surface area contributed by atoms with Crippen molar-refractivity contribution in [2.24, 2.45) is 5.41 Å². The predicted octanol–water partition coefficient (Wildman–Crippen LogP) is 3.88. The fourth-order valence-electron chi connectivity index (χ4n) is 3.18. The van der Waals surface area contributed by atoms with Crippen LogP contribution in [0.25, 0.3) is 0 Å². The third-order valence-corrected chi connectivity index (χ3v) is 5.08. The third kappa shape index (κ3) is 4.29. The summed E-state index contributed by atoms with van der Waals surface area (Å²) in [5.41, 5.74) is -1.52. The summed E-state index contributed by atoms with van der Waals surface area (Å²) in [6.45, 7) is 5.84. The molecule has 0 aliphatic rings. The largest absolute Gasteiger partial charge is 0.505 e. The number of rotatable bonds is 6. The van der Waals surface area contributed by atoms with Crippen LogP contribution in [0.15, 0.2) is 44.3 Å². The van der Waals surface area contributed by atoms with Gasteiger partial charge in [0.05, 0.1) is 17.3 Å². The topological polar surface area (TPSA) is 112 Å². The number of hydrogen-bond acceptors (Lipinski definition) is 7. The average molecular weight is 446 g/mol. The molecular weight excluding hydrogens is 422 g/mol. The normalized spacial score (nSPS) is 12.6. The maximum absolute atomic E-state index is 12.3. The molecule has 0 bridgehead atoms. The molecule has 1 amide bonds. The zero-order chi connectivity index (χ0) is 23.1. The molecule has 0 radical (unpaired) electrons. The summed E-state index contributed by atoms with van der Waals surface area (Å²) in [6, 6.07) is 7.39. The Hall–Kier alpha value is -3.26. The van der Waals surface area contributed by atoms with Gasteiger partial charge in [0.2, 0.25) is 0 Å². The van der Waals surface area contributed by atoms with Gasteiger partial charge in [0.25, 0.3) is 16.8 Å². The maximum Gasteiger partial charge on any atom is 0.257 e. The zero-order valence-electron chi connectivity index (χ0n) is 17.9. The lowest BCUT2D eigenvalue weighted by Crippen LogP contribution is -2.39. The van der Waals surface area contributed by atoms with E-state index in [1.54, 1.807) is 32.3 Å². The van der Waals surface area contributed by atoms with Crippen molar-refractivity contribution < 1.29 is 14.3 Å². The summed E-state index contributed by atoms with van der Waals surface area (Å²) in [6.07, 6.45) is 0. The molecule has 1 heterocycles. The van der Waals surface area contributed by atoms with Gasteiger partial charge in [-0.15, -0.1) is 0 Å². The van der Waals surface area contributed by atoms with E-state index < -0.39 is 28.2 Å². The molecular formula is C22H24ClN3O5. The molecule has 3 aromatic rings. The van der Waals surface area contributed by atoms with Crippen LogP contribution < -0.4 is 21.5 Å². The van der Waals surface area contributed by atoms with Crippen molar-refractivity contribution in [1.82, 2.24) is 4.90 Å². The number of hydrogen-bond donors (Lipinski definition) is 3. The van der Waals surface area contributed by atoms with E-state index in [-0.39, 0.29) is 33.6 Å². The highest BCUT2D eigenvalue weighted by Crippen LogP contribution is 2.39. The van der Waals surface area contributed by atoms with Crippen LogP contribution in [-0.4, -0.2) is 30.0 Å². The van der Waals surface area contributed by atoms with Crippen molar-refractivity contribution in [2.45, 2.75) is 26.8 Å². The van der Waals surface area contributed by atoms with Crippen molar-refractivity contribution in [2.75, 3.05) is 24.7 Å². The second kappa shape index (κ2) is 8.11. The van der Waals surface area contributed by atoms with Gasteiger partial charge in [0.1, 0.15) is 17.1 Å². The molecule has 0 saturated carbocycles. The molecule has 2 aromatic carbocycles. The van der Waals surface area contributed by atoms with Crippen LogP contribution in [0.5, 0.6) is 5.75 Å². The van der Waals surface area contributed by atoms with Crippen LogP contribution in [0.4, 0.5) is 17.1 Å². The summed E-state index contributed by atoms with van der Waals surface area (Å²) >= 11 is 5.91. The number of benzene rings is 1. The van der Waals surface area contributed by atoms with Crippen molar-refractivity contribution in [1.29, 1.82) is 0 Å². The lowest BCUT2D eigenvalue weighted by molar-refractivity contribution is 0.0824. The molecule has 0 aliphatic carbocycles. The SMILES string of the molecule is CN(C)C(=O)c1cccc(Nc2c(N[C@@H](c3ccc(Cl)o3)C(C)(C)C)c(=O)c2=O)c1O. The number of aromatic hydroxyl groups is 1. The number of amides is 1. The van der Waals surface area contributed by atoms with E-state index in [0.29, 0.717) is 5.76 Å². The first-order valence-electron chi connectivity index (χ1n) is 9.57. The van der Waals surface area contributed by atoms with E-state index in [4.69, 9.17) is 16.0 Å². The van der Waals surface area contributed by atoms with Gasteiger partial charge in [-0.05, 0) is 41.3 Å². The number of nitrogens with zero attached hydrogens (tertiary/aromatic N) is 1. The highest BCUT2D eigenvalue weighted by molar-refractivity contribution is 6.28. The minimum atomic E-state index is -0.726. The Kier molecular flexibility index (Phi) is 5.87. The molecule has 9 heteroatoms. The number of anilines is 3. The number of phenols is 1. The molecule has 0 saturated heterocycles. The monoisotopic (exact) mass is 445 g/mol. The van der Waals surface area contributed by atoms with E-state index in [1.165, 1.54) is 17.0 Å². The van der Waals surface area contributed by atoms with Crippen molar-refractivity contribution in [3.05, 3.63) is 67.3 Å². The lowest BCUT2D eigenvalue weighted by atomic mass is 9.85. The van der Waals surface area contributed by atoms with Crippen molar-refractivity contribution >= 4 is 34.6 Å². The highest BCUT2D eigenvalue weighted by Gasteiger charge is 2.33. The van der Waals surface area contributed by atoms with Crippen LogP contribution in [0.1, 0.15) is 42.9 Å². The highest BCUT2D eigenvalue weighted by atomic mass is 35.5. The molecule has 3 rings (SSSR count). The first-order valence-corrected chi connectivity index (χ1v) is 9.95. The Bertz CT molecular complexity index is 1200. The molecule has 0 unspecified atom stereocenters. The molecule has 0 aliphatic heterocycles. The Morgan fingerprint density at radius 2 is 1.74 bits per heavy atom. The number of furan rings is 1. The predicted molar refractivity (Wildman–Crippen MR) is 120 cm³/mol. The van der Waals surface area contributed by atoms with E-state index in [0.717, 1.165) is 0 Å². The minimum absolute atomic E-state index is 0.00153. The van der Waals surface area contributed by atoms with Crippen LogP contribution in [-0.2, 0) is 0 Å². The number of para-hydroxylation sites is 1. The summed E-state index contributed by atoms with van der Waals surface area (Å²) in [4.78, 5) is 38.2. The van der Waals surface area contributed by atoms with E-state index >= 15 is 0 Å². The average Bonchev–Trinajstić information content (AvgIpc) is 3.12. The fourth-order valence-corrected chi connectivity index (χ4v) is 3.34. The van der Waals surface area contributed by atoms with Crippen molar-refractivity contribution in [3.63, 3.8) is 0 Å². The first-order chi connectivity index (χ1) is 14.4. The van der Waals surface area contributed by atoms with Gasteiger partial charge in [-0.2, -0.15) is 0 Å². The van der Waals surface area contributed by atoms with Gasteiger partial charge in [0, 0.05) is 14.1 Å². The molecule has 1 atom stereocenters. The Morgan fingerprint density at radius 3 is 2.29 bits per heavy atom. The lowest BCUT2D eigenvalue weighted by Gasteiger charge is -2.31. The van der Waals surface area contributed by atoms with Crippen LogP contribution >= 0.6 is 11.6 Å². The van der Waals surface area contributed by atoms with Gasteiger partial charge < -0.3 is 25.1 Å². The Morgan fingerprint density at radius 1 is 1.10 bits per heavy atom. The van der Waals surface area contributed by atoms with Gasteiger partial charge in [-0.1, -0.05) is 26.8 Å². The van der Waals surface area contributed by atoms with E-state index in [1.807, 2.05) is 20.8 Å². The van der Waals surface area contributed by atoms with Gasteiger partial charge >= 0.3 is 0 Å². The molecule has 0 fully saturated rings. The van der Waals surface area contributed by atoms with Gasteiger partial charge in [-0.3, -0.25) is 14.4 Å². The van der Waals surface area contributed by atoms with E-state index in [2.05, 4.69) is 10.6 Å². The van der Waals surface area contributed by atoms with Crippen LogP contribution in [0.3, 0.4) is 0 Å². The van der Waals surface area contributed by atoms with E-state index in [9.17, 15) is 19.5 Å². The molecule has 0 spiro atoms. The Balaban J connectivity index is 1.96. The summed E-state index contributed by atoms with van der Waals surface area (Å²) in [5.74, 6) is -0.199. The van der Waals surface area contributed by atoms with Crippen LogP contribution in [0.2, 0.25) is 5.22 Å². The minimum Gasteiger partial charge on any atom is -0.505 e. The van der Waals surface area contributed by atoms with Crippen LogP contribution in [0, 0.1) is 5.41 Å². The second-order valence-electron chi connectivity index (χ2n) is 8.52. The van der Waals surface area contributed by atoms with Crippen molar-refractivity contribution in [3.8, 4) is 5.75 Å². The number of halogens is 1. The summed E-state index contributed by atoms with van der Waals surface area (Å²) < 4.78 is 5.52. The number of nitrogens with one attached hydrogen (secondary N) is 2. The molecule has 1 aromatic heterocycles. The molecule has 31 heavy (non-hydrogen) atoms. The molecule has 164 valence electrons. The second-order valence-corrected chi connectivity index (χ2v) is 8.89. The smallest absolute Gasteiger partial charge is 0.257 e. The fraction of sp³-hybridized carbons (Fsp3) is 0.318. The molecule has 3 N–H and O–H groups in total. The molecule has 8 nitrogen and oxygen atoms in total.